The number of amides is 2. The lowest BCUT2D eigenvalue weighted by Crippen LogP contribution is -2.39. The Morgan fingerprint density at radius 1 is 1.32 bits per heavy atom. The van der Waals surface area contributed by atoms with Crippen LogP contribution in [0.4, 0.5) is 5.69 Å². The second kappa shape index (κ2) is 4.81. The van der Waals surface area contributed by atoms with Crippen LogP contribution in [0.15, 0.2) is 18.2 Å². The number of carbonyl (C=O) groups excluding carboxylic acids is 2. The number of hydrogen-bond acceptors (Lipinski definition) is 5. The topological polar surface area (TPSA) is 99.2 Å². The van der Waals surface area contributed by atoms with E-state index in [4.69, 9.17) is 10.5 Å². The SMILES string of the molecule is Nc1cccc2c(C3CCC(=O)NC3=O)nn(C3COC3)c12. The summed E-state index contributed by atoms with van der Waals surface area (Å²) in [5.74, 6) is -0.920. The predicted molar refractivity (Wildman–Crippen MR) is 79.1 cm³/mol. The standard InChI is InChI=1S/C15H16N4O3/c16-11-3-1-2-9-13(10-4-5-12(20)17-15(10)21)18-19(14(9)11)8-6-22-7-8/h1-3,8,10H,4-7,16H2,(H,17,20,21). The first-order valence-electron chi connectivity index (χ1n) is 7.33. The minimum absolute atomic E-state index is 0.147. The van der Waals surface area contributed by atoms with Crippen molar-refractivity contribution in [2.24, 2.45) is 0 Å². The zero-order valence-electron chi connectivity index (χ0n) is 11.9. The third-order valence-electron chi connectivity index (χ3n) is 4.32. The molecular weight excluding hydrogens is 284 g/mol. The first kappa shape index (κ1) is 13.3. The van der Waals surface area contributed by atoms with Crippen LogP contribution in [0.5, 0.6) is 0 Å². The molecule has 7 heteroatoms. The Kier molecular flexibility index (Phi) is 2.90. The highest BCUT2D eigenvalue weighted by Gasteiger charge is 2.34. The normalized spacial score (nSPS) is 22.6. The van der Waals surface area contributed by atoms with Gasteiger partial charge in [-0.15, -0.1) is 0 Å². The summed E-state index contributed by atoms with van der Waals surface area (Å²) in [4.78, 5) is 23.5. The van der Waals surface area contributed by atoms with Crippen molar-refractivity contribution in [2.75, 3.05) is 18.9 Å². The molecule has 0 radical (unpaired) electrons. The number of imide groups is 1. The van der Waals surface area contributed by atoms with Gasteiger partial charge < -0.3 is 10.5 Å². The quantitative estimate of drug-likeness (QED) is 0.628. The number of nitrogens with one attached hydrogen (secondary N) is 1. The summed E-state index contributed by atoms with van der Waals surface area (Å²) in [7, 11) is 0. The van der Waals surface area contributed by atoms with E-state index in [1.807, 2.05) is 22.9 Å². The van der Waals surface area contributed by atoms with Crippen molar-refractivity contribution in [1.29, 1.82) is 0 Å². The number of benzene rings is 1. The van der Waals surface area contributed by atoms with Crippen molar-refractivity contribution in [3.63, 3.8) is 0 Å². The molecule has 2 saturated heterocycles. The average Bonchev–Trinajstić information content (AvgIpc) is 2.78. The van der Waals surface area contributed by atoms with Gasteiger partial charge in [-0.05, 0) is 12.5 Å². The summed E-state index contributed by atoms with van der Waals surface area (Å²) in [5.41, 5.74) is 8.29. The minimum atomic E-state index is -0.413. The fourth-order valence-corrected chi connectivity index (χ4v) is 3.08. The van der Waals surface area contributed by atoms with Crippen LogP contribution in [-0.4, -0.2) is 34.8 Å². The summed E-state index contributed by atoms with van der Waals surface area (Å²) >= 11 is 0. The highest BCUT2D eigenvalue weighted by Crippen LogP contribution is 2.35. The molecule has 4 rings (SSSR count). The highest BCUT2D eigenvalue weighted by molar-refractivity contribution is 6.03. The molecule has 22 heavy (non-hydrogen) atoms. The van der Waals surface area contributed by atoms with Crippen LogP contribution in [0.3, 0.4) is 0 Å². The van der Waals surface area contributed by atoms with E-state index < -0.39 is 5.92 Å². The first-order valence-corrected chi connectivity index (χ1v) is 7.33. The smallest absolute Gasteiger partial charge is 0.235 e. The van der Waals surface area contributed by atoms with Gasteiger partial charge in [0.25, 0.3) is 0 Å². The van der Waals surface area contributed by atoms with E-state index >= 15 is 0 Å². The number of rotatable bonds is 2. The van der Waals surface area contributed by atoms with Crippen LogP contribution >= 0.6 is 0 Å². The monoisotopic (exact) mass is 300 g/mol. The number of fused-ring (bicyclic) bond motifs is 1. The first-order chi connectivity index (χ1) is 10.6. The summed E-state index contributed by atoms with van der Waals surface area (Å²) in [5, 5.41) is 7.92. The van der Waals surface area contributed by atoms with Gasteiger partial charge in [0.2, 0.25) is 11.8 Å². The van der Waals surface area contributed by atoms with E-state index in [1.54, 1.807) is 0 Å². The van der Waals surface area contributed by atoms with E-state index in [0.717, 1.165) is 10.9 Å². The van der Waals surface area contributed by atoms with Crippen LogP contribution in [0.1, 0.15) is 30.5 Å². The Morgan fingerprint density at radius 2 is 2.14 bits per heavy atom. The molecule has 1 atom stereocenters. The van der Waals surface area contributed by atoms with E-state index in [9.17, 15) is 9.59 Å². The molecule has 3 N–H and O–H groups in total. The molecule has 2 amide bonds. The zero-order chi connectivity index (χ0) is 15.3. The molecule has 0 spiro atoms. The van der Waals surface area contributed by atoms with E-state index in [0.29, 0.717) is 37.4 Å². The average molecular weight is 300 g/mol. The molecule has 3 heterocycles. The molecular formula is C15H16N4O3. The molecule has 0 aliphatic carbocycles. The molecule has 0 bridgehead atoms. The number of carbonyl (C=O) groups is 2. The number of aromatic nitrogens is 2. The van der Waals surface area contributed by atoms with Crippen LogP contribution < -0.4 is 11.1 Å². The number of piperidine rings is 1. The summed E-state index contributed by atoms with van der Waals surface area (Å²) in [6, 6.07) is 5.76. The molecule has 2 aromatic rings. The van der Waals surface area contributed by atoms with Gasteiger partial charge in [0.05, 0.1) is 42.1 Å². The van der Waals surface area contributed by atoms with E-state index in [2.05, 4.69) is 10.4 Å². The van der Waals surface area contributed by atoms with Crippen LogP contribution in [0.2, 0.25) is 0 Å². The number of nitrogens with zero attached hydrogens (tertiary/aromatic N) is 2. The van der Waals surface area contributed by atoms with Crippen LogP contribution in [0, 0.1) is 0 Å². The molecule has 1 unspecified atom stereocenters. The maximum absolute atomic E-state index is 12.2. The van der Waals surface area contributed by atoms with Crippen molar-refractivity contribution in [3.05, 3.63) is 23.9 Å². The van der Waals surface area contributed by atoms with Gasteiger partial charge in [-0.1, -0.05) is 12.1 Å². The summed E-state index contributed by atoms with van der Waals surface area (Å²) < 4.78 is 7.11. The maximum Gasteiger partial charge on any atom is 0.235 e. The number of para-hydroxylation sites is 1. The van der Waals surface area contributed by atoms with Gasteiger partial charge in [-0.3, -0.25) is 19.6 Å². The lowest BCUT2D eigenvalue weighted by Gasteiger charge is -2.27. The maximum atomic E-state index is 12.2. The van der Waals surface area contributed by atoms with Crippen molar-refractivity contribution < 1.29 is 14.3 Å². The predicted octanol–water partition coefficient (Wildman–Crippen LogP) is 0.710. The Hall–Kier alpha value is -2.41. The van der Waals surface area contributed by atoms with Crippen LogP contribution in [0.25, 0.3) is 10.9 Å². The third-order valence-corrected chi connectivity index (χ3v) is 4.32. The number of hydrogen-bond donors (Lipinski definition) is 2. The number of anilines is 1. The zero-order valence-corrected chi connectivity index (χ0v) is 11.9. The summed E-state index contributed by atoms with van der Waals surface area (Å²) in [6.07, 6.45) is 0.812. The molecule has 7 nitrogen and oxygen atoms in total. The molecule has 1 aromatic heterocycles. The van der Waals surface area contributed by atoms with Crippen molar-refractivity contribution in [3.8, 4) is 0 Å². The lowest BCUT2D eigenvalue weighted by molar-refractivity contribution is -0.134. The Labute approximate surface area is 126 Å². The fourth-order valence-electron chi connectivity index (χ4n) is 3.08. The van der Waals surface area contributed by atoms with Gasteiger partial charge in [0.15, 0.2) is 0 Å². The van der Waals surface area contributed by atoms with E-state index in [1.165, 1.54) is 0 Å². The largest absolute Gasteiger partial charge is 0.397 e. The Morgan fingerprint density at radius 3 is 2.82 bits per heavy atom. The molecule has 2 aliphatic heterocycles. The molecule has 0 saturated carbocycles. The molecule has 1 aromatic carbocycles. The van der Waals surface area contributed by atoms with Gasteiger partial charge in [0, 0.05) is 11.8 Å². The van der Waals surface area contributed by atoms with E-state index in [-0.39, 0.29) is 17.9 Å². The van der Waals surface area contributed by atoms with Gasteiger partial charge >= 0.3 is 0 Å². The Bertz CT molecular complexity index is 778. The lowest BCUT2D eigenvalue weighted by atomic mass is 9.93. The van der Waals surface area contributed by atoms with Crippen molar-refractivity contribution in [2.45, 2.75) is 24.8 Å². The summed E-state index contributed by atoms with van der Waals surface area (Å²) in [6.45, 7) is 1.19. The molecule has 114 valence electrons. The van der Waals surface area contributed by atoms with Gasteiger partial charge in [0.1, 0.15) is 0 Å². The number of nitrogens with two attached hydrogens (primary N) is 1. The molecule has 2 aliphatic rings. The van der Waals surface area contributed by atoms with Gasteiger partial charge in [-0.25, -0.2) is 0 Å². The second-order valence-electron chi connectivity index (χ2n) is 5.77. The number of ether oxygens (including phenoxy) is 1. The van der Waals surface area contributed by atoms with Crippen LogP contribution in [-0.2, 0) is 14.3 Å². The highest BCUT2D eigenvalue weighted by atomic mass is 16.5. The van der Waals surface area contributed by atoms with Gasteiger partial charge in [-0.2, -0.15) is 5.10 Å². The molecule has 2 fully saturated rings. The fraction of sp³-hybridized carbons (Fsp3) is 0.400. The Balaban J connectivity index is 1.85. The van der Waals surface area contributed by atoms with Crippen molar-refractivity contribution in [1.82, 2.24) is 15.1 Å². The second-order valence-corrected chi connectivity index (χ2v) is 5.77. The third kappa shape index (κ3) is 1.89. The minimum Gasteiger partial charge on any atom is -0.397 e. The van der Waals surface area contributed by atoms with Crippen molar-refractivity contribution >= 4 is 28.4 Å². The number of nitrogen functional groups attached to an aromatic ring is 1.